The molecule has 0 saturated carbocycles. The first-order valence-electron chi connectivity index (χ1n) is 19.8. The molecule has 0 aliphatic carbocycles. The van der Waals surface area contributed by atoms with E-state index in [1.807, 2.05) is 0 Å². The van der Waals surface area contributed by atoms with Crippen molar-refractivity contribution in [2.24, 2.45) is 0 Å². The first-order chi connectivity index (χ1) is 23.4. The summed E-state index contributed by atoms with van der Waals surface area (Å²) in [5.74, 6) is -0.322. The normalized spacial score (nSPS) is 22.0. The molecule has 1 aliphatic rings. The van der Waals surface area contributed by atoms with Crippen molar-refractivity contribution in [1.82, 2.24) is 0 Å². The monoisotopic (exact) mass is 687 g/mol. The van der Waals surface area contributed by atoms with E-state index < -0.39 is 43.4 Å². The minimum atomic E-state index is -1.53. The maximum absolute atomic E-state index is 12.7. The summed E-state index contributed by atoms with van der Waals surface area (Å²) in [6.07, 6.45) is 25.2. The van der Waals surface area contributed by atoms with Crippen LogP contribution < -0.4 is 0 Å². The van der Waals surface area contributed by atoms with Crippen molar-refractivity contribution < 1.29 is 44.2 Å². The maximum Gasteiger partial charge on any atom is 0.306 e. The van der Waals surface area contributed by atoms with Crippen LogP contribution in [0.25, 0.3) is 0 Å². The highest BCUT2D eigenvalue weighted by atomic mass is 16.7. The fraction of sp³-hybridized carbons (Fsp3) is 0.923. The number of allylic oxidation sites excluding steroid dienone is 2. The van der Waals surface area contributed by atoms with Gasteiger partial charge in [-0.15, -0.1) is 0 Å². The summed E-state index contributed by atoms with van der Waals surface area (Å²) in [7, 11) is 0. The van der Waals surface area contributed by atoms with Gasteiger partial charge in [-0.2, -0.15) is 0 Å². The van der Waals surface area contributed by atoms with Crippen molar-refractivity contribution in [2.75, 3.05) is 26.4 Å². The molecule has 9 heteroatoms. The van der Waals surface area contributed by atoms with E-state index in [4.69, 9.17) is 18.9 Å². The van der Waals surface area contributed by atoms with Crippen LogP contribution in [-0.2, 0) is 23.7 Å². The summed E-state index contributed by atoms with van der Waals surface area (Å²) in [6, 6.07) is 0. The van der Waals surface area contributed by atoms with Gasteiger partial charge in [0.05, 0.1) is 19.8 Å². The van der Waals surface area contributed by atoms with E-state index in [9.17, 15) is 25.2 Å². The third kappa shape index (κ3) is 23.4. The van der Waals surface area contributed by atoms with Gasteiger partial charge < -0.3 is 39.4 Å². The molecule has 0 bridgehead atoms. The quantitative estimate of drug-likeness (QED) is 0.0311. The van der Waals surface area contributed by atoms with Crippen LogP contribution in [0.5, 0.6) is 0 Å². The smallest absolute Gasteiger partial charge is 0.306 e. The molecule has 48 heavy (non-hydrogen) atoms. The molecule has 6 unspecified atom stereocenters. The van der Waals surface area contributed by atoms with Gasteiger partial charge in [-0.25, -0.2) is 0 Å². The van der Waals surface area contributed by atoms with Crippen LogP contribution >= 0.6 is 0 Å². The van der Waals surface area contributed by atoms with Crippen LogP contribution in [0.15, 0.2) is 12.2 Å². The minimum Gasteiger partial charge on any atom is -0.457 e. The molecule has 0 radical (unpaired) electrons. The number of unbranched alkanes of at least 4 members (excludes halogenated alkanes) is 20. The van der Waals surface area contributed by atoms with Gasteiger partial charge in [-0.3, -0.25) is 4.79 Å². The Morgan fingerprint density at radius 3 is 1.73 bits per heavy atom. The second-order valence-electron chi connectivity index (χ2n) is 13.7. The number of carbonyl (C=O) groups excluding carboxylic acids is 1. The van der Waals surface area contributed by atoms with Gasteiger partial charge in [0.2, 0.25) is 0 Å². The van der Waals surface area contributed by atoms with Crippen LogP contribution in [-0.4, -0.2) is 89.6 Å². The van der Waals surface area contributed by atoms with Crippen LogP contribution in [0, 0.1) is 0 Å². The Morgan fingerprint density at radius 1 is 0.646 bits per heavy atom. The molecular formula is C39H74O9. The predicted molar refractivity (Wildman–Crippen MR) is 192 cm³/mol. The zero-order valence-corrected chi connectivity index (χ0v) is 30.7. The molecule has 1 fully saturated rings. The van der Waals surface area contributed by atoms with E-state index in [0.717, 1.165) is 44.9 Å². The fourth-order valence-electron chi connectivity index (χ4n) is 6.01. The van der Waals surface area contributed by atoms with Crippen molar-refractivity contribution in [3.8, 4) is 0 Å². The van der Waals surface area contributed by atoms with Crippen LogP contribution in [0.3, 0.4) is 0 Å². The lowest BCUT2D eigenvalue weighted by Crippen LogP contribution is -2.59. The van der Waals surface area contributed by atoms with Gasteiger partial charge in [-0.1, -0.05) is 135 Å². The van der Waals surface area contributed by atoms with Gasteiger partial charge in [0.25, 0.3) is 0 Å². The van der Waals surface area contributed by atoms with Gasteiger partial charge in [0.15, 0.2) is 6.29 Å². The van der Waals surface area contributed by atoms with Crippen molar-refractivity contribution in [2.45, 2.75) is 205 Å². The van der Waals surface area contributed by atoms with E-state index in [1.165, 1.54) is 103 Å². The number of ether oxygens (including phenoxy) is 4. The molecule has 284 valence electrons. The zero-order chi connectivity index (χ0) is 35.1. The van der Waals surface area contributed by atoms with Crippen LogP contribution in [0.2, 0.25) is 0 Å². The highest BCUT2D eigenvalue weighted by molar-refractivity contribution is 5.69. The molecule has 6 atom stereocenters. The molecule has 1 rings (SSSR count). The number of aliphatic hydroxyl groups is 4. The predicted octanol–water partition coefficient (Wildman–Crippen LogP) is 7.69. The molecule has 1 aliphatic heterocycles. The SMILES string of the molecule is CCCCC/C=C\CCCCCCCC(=O)OC(COCCCCCCCCCCCCCCC)COC1OC(CO)C(O)C(O)C1O. The largest absolute Gasteiger partial charge is 0.457 e. The summed E-state index contributed by atoms with van der Waals surface area (Å²) >= 11 is 0. The standard InChI is InChI=1S/C39H74O9/c1-3-5-7-9-11-13-15-17-19-21-23-25-27-29-45-31-33(32-46-39-38(44)37(43)36(42)34(30-40)48-39)47-35(41)28-26-24-22-20-18-16-14-12-10-8-6-4-2/h12,14,33-34,36-40,42-44H,3-11,13,15-32H2,1-2H3/b14-12-. The highest BCUT2D eigenvalue weighted by Crippen LogP contribution is 2.22. The van der Waals surface area contributed by atoms with E-state index in [0.29, 0.717) is 13.0 Å². The zero-order valence-electron chi connectivity index (χ0n) is 30.7. The Kier molecular flexibility index (Phi) is 29.9. The lowest BCUT2D eigenvalue weighted by atomic mass is 9.99. The average Bonchev–Trinajstić information content (AvgIpc) is 3.08. The second-order valence-corrected chi connectivity index (χ2v) is 13.7. The Hall–Kier alpha value is -1.07. The van der Waals surface area contributed by atoms with Crippen LogP contribution in [0.1, 0.15) is 168 Å². The summed E-state index contributed by atoms with van der Waals surface area (Å²) in [5.41, 5.74) is 0. The molecule has 0 aromatic rings. The van der Waals surface area contributed by atoms with Gasteiger partial charge in [0.1, 0.15) is 30.5 Å². The van der Waals surface area contributed by atoms with Crippen molar-refractivity contribution in [3.63, 3.8) is 0 Å². The third-order valence-electron chi connectivity index (χ3n) is 9.18. The highest BCUT2D eigenvalue weighted by Gasteiger charge is 2.44. The van der Waals surface area contributed by atoms with Crippen molar-refractivity contribution >= 4 is 5.97 Å². The molecule has 1 heterocycles. The molecule has 4 N–H and O–H groups in total. The Balaban J connectivity index is 2.32. The topological polar surface area (TPSA) is 135 Å². The lowest BCUT2D eigenvalue weighted by molar-refractivity contribution is -0.305. The summed E-state index contributed by atoms with van der Waals surface area (Å²) in [6.45, 7) is 4.53. The lowest BCUT2D eigenvalue weighted by Gasteiger charge is -2.39. The molecule has 0 aromatic heterocycles. The number of hydrogen-bond donors (Lipinski definition) is 4. The second kappa shape index (κ2) is 31.9. The number of aliphatic hydroxyl groups excluding tert-OH is 4. The van der Waals surface area contributed by atoms with Crippen molar-refractivity contribution in [3.05, 3.63) is 12.2 Å². The number of hydrogen-bond acceptors (Lipinski definition) is 9. The Labute approximate surface area is 293 Å². The first-order valence-corrected chi connectivity index (χ1v) is 19.8. The summed E-state index contributed by atoms with van der Waals surface area (Å²) in [5, 5.41) is 39.9. The average molecular weight is 687 g/mol. The number of carbonyl (C=O) groups is 1. The van der Waals surface area contributed by atoms with Gasteiger partial charge >= 0.3 is 5.97 Å². The summed E-state index contributed by atoms with van der Waals surface area (Å²) in [4.78, 5) is 12.7. The number of rotatable bonds is 33. The maximum atomic E-state index is 12.7. The van der Waals surface area contributed by atoms with Gasteiger partial charge in [-0.05, 0) is 38.5 Å². The molecule has 0 aromatic carbocycles. The molecular weight excluding hydrogens is 612 g/mol. The van der Waals surface area contributed by atoms with Gasteiger partial charge in [0, 0.05) is 13.0 Å². The van der Waals surface area contributed by atoms with Crippen molar-refractivity contribution in [1.29, 1.82) is 0 Å². The van der Waals surface area contributed by atoms with E-state index in [-0.39, 0.29) is 19.2 Å². The first kappa shape index (κ1) is 45.0. The molecule has 9 nitrogen and oxygen atoms in total. The van der Waals surface area contributed by atoms with E-state index >= 15 is 0 Å². The Bertz CT molecular complexity index is 747. The molecule has 0 spiro atoms. The number of esters is 1. The Morgan fingerprint density at radius 2 is 1.15 bits per heavy atom. The van der Waals surface area contributed by atoms with E-state index in [1.54, 1.807) is 0 Å². The molecule has 0 amide bonds. The van der Waals surface area contributed by atoms with E-state index in [2.05, 4.69) is 26.0 Å². The third-order valence-corrected chi connectivity index (χ3v) is 9.18. The summed E-state index contributed by atoms with van der Waals surface area (Å²) < 4.78 is 22.7. The molecule has 1 saturated heterocycles. The van der Waals surface area contributed by atoms with Crippen LogP contribution in [0.4, 0.5) is 0 Å². The minimum absolute atomic E-state index is 0.112. The fourth-order valence-corrected chi connectivity index (χ4v) is 6.01.